The summed E-state index contributed by atoms with van der Waals surface area (Å²) in [6, 6.07) is 50.4. The van der Waals surface area contributed by atoms with Crippen LogP contribution in [0.25, 0.3) is 80.8 Å². The van der Waals surface area contributed by atoms with Gasteiger partial charge in [-0.25, -0.2) is 0 Å². The molecule has 0 aliphatic heterocycles. The lowest BCUT2D eigenvalue weighted by molar-refractivity contribution is 1.18. The van der Waals surface area contributed by atoms with Crippen molar-refractivity contribution in [3.63, 3.8) is 0 Å². The van der Waals surface area contributed by atoms with Crippen molar-refractivity contribution >= 4 is 64.2 Å². The van der Waals surface area contributed by atoms with Crippen LogP contribution in [0.2, 0.25) is 0 Å². The first-order chi connectivity index (χ1) is 20.8. The second-order valence-electron chi connectivity index (χ2n) is 10.8. The molecule has 0 aliphatic rings. The number of thiophene rings is 1. The molecule has 6 aromatic carbocycles. The van der Waals surface area contributed by atoms with Crippen molar-refractivity contribution in [1.29, 1.82) is 0 Å². The van der Waals surface area contributed by atoms with Gasteiger partial charge in [0.2, 0.25) is 0 Å². The van der Waals surface area contributed by atoms with Gasteiger partial charge in [-0.3, -0.25) is 4.98 Å². The molecule has 9 rings (SSSR count). The molecule has 3 heteroatoms. The van der Waals surface area contributed by atoms with E-state index in [2.05, 4.69) is 144 Å². The fourth-order valence-electron chi connectivity index (χ4n) is 6.42. The van der Waals surface area contributed by atoms with E-state index in [0.717, 1.165) is 16.6 Å². The molecule has 0 bridgehead atoms. The van der Waals surface area contributed by atoms with E-state index in [1.807, 2.05) is 17.5 Å². The molecule has 0 saturated heterocycles. The van der Waals surface area contributed by atoms with Crippen molar-refractivity contribution in [3.05, 3.63) is 146 Å². The molecule has 3 aromatic heterocycles. The summed E-state index contributed by atoms with van der Waals surface area (Å²) in [5.74, 6) is 0. The number of aromatic nitrogens is 2. The first-order valence-corrected chi connectivity index (χ1v) is 15.0. The fourth-order valence-corrected chi connectivity index (χ4v) is 7.50. The van der Waals surface area contributed by atoms with Crippen LogP contribution in [0.5, 0.6) is 0 Å². The third-order valence-electron chi connectivity index (χ3n) is 8.44. The van der Waals surface area contributed by atoms with Crippen molar-refractivity contribution in [2.75, 3.05) is 0 Å². The van der Waals surface area contributed by atoms with E-state index in [1.54, 1.807) is 0 Å². The van der Waals surface area contributed by atoms with Crippen molar-refractivity contribution < 1.29 is 0 Å². The third-order valence-corrected chi connectivity index (χ3v) is 9.59. The Bertz CT molecular complexity index is 2450. The van der Waals surface area contributed by atoms with Crippen molar-refractivity contribution in [1.82, 2.24) is 9.55 Å². The molecule has 9 aromatic rings. The smallest absolute Gasteiger partial charge is 0.0723 e. The zero-order chi connectivity index (χ0) is 27.6. The molecule has 0 spiro atoms. The minimum Gasteiger partial charge on any atom is -0.309 e. The molecule has 0 N–H and O–H groups in total. The highest BCUT2D eigenvalue weighted by Crippen LogP contribution is 2.39. The van der Waals surface area contributed by atoms with E-state index >= 15 is 0 Å². The van der Waals surface area contributed by atoms with Gasteiger partial charge in [-0.05, 0) is 70.8 Å². The first kappa shape index (κ1) is 23.5. The summed E-state index contributed by atoms with van der Waals surface area (Å²) >= 11 is 1.86. The van der Waals surface area contributed by atoms with E-state index in [0.29, 0.717) is 0 Å². The summed E-state index contributed by atoms with van der Waals surface area (Å²) in [5.41, 5.74) is 9.43. The molecule has 3 heterocycles. The highest BCUT2D eigenvalue weighted by molar-refractivity contribution is 7.25. The van der Waals surface area contributed by atoms with E-state index in [9.17, 15) is 0 Å². The quantitative estimate of drug-likeness (QED) is 0.213. The molecule has 0 radical (unpaired) electrons. The predicted octanol–water partition coefficient (Wildman–Crippen LogP) is 11.0. The maximum Gasteiger partial charge on any atom is 0.0723 e. The molecule has 0 aliphatic carbocycles. The van der Waals surface area contributed by atoms with Gasteiger partial charge in [0.25, 0.3) is 0 Å². The van der Waals surface area contributed by atoms with Crippen LogP contribution in [0.15, 0.2) is 146 Å². The fraction of sp³-hybridized carbons (Fsp3) is 0. The van der Waals surface area contributed by atoms with E-state index in [-0.39, 0.29) is 0 Å². The van der Waals surface area contributed by atoms with Gasteiger partial charge >= 0.3 is 0 Å². The van der Waals surface area contributed by atoms with Crippen LogP contribution in [-0.4, -0.2) is 9.55 Å². The number of hydrogen-bond acceptors (Lipinski definition) is 2. The summed E-state index contributed by atoms with van der Waals surface area (Å²) in [4.78, 5) is 4.84. The second-order valence-corrected chi connectivity index (χ2v) is 11.9. The molecule has 0 saturated carbocycles. The van der Waals surface area contributed by atoms with Gasteiger partial charge < -0.3 is 4.57 Å². The Balaban J connectivity index is 1.18. The van der Waals surface area contributed by atoms with Gasteiger partial charge in [0.15, 0.2) is 0 Å². The monoisotopic (exact) mass is 552 g/mol. The maximum absolute atomic E-state index is 4.84. The van der Waals surface area contributed by atoms with Crippen LogP contribution in [0, 0.1) is 0 Å². The molecular weight excluding hydrogens is 529 g/mol. The average molecular weight is 553 g/mol. The van der Waals surface area contributed by atoms with Crippen molar-refractivity contribution in [2.45, 2.75) is 0 Å². The number of nitrogens with zero attached hydrogens (tertiary/aromatic N) is 2. The van der Waals surface area contributed by atoms with Gasteiger partial charge in [0.05, 0.1) is 16.6 Å². The topological polar surface area (TPSA) is 17.8 Å². The number of hydrogen-bond donors (Lipinski definition) is 0. The Morgan fingerprint density at radius 1 is 0.452 bits per heavy atom. The SMILES string of the molecule is c1ccc(-n2c3ccc(-c4ccc(-c5ccc6sc7ccccc7c6c5)cc4)cc3c3cnc4ccccc4c32)cc1. The Kier molecular flexibility index (Phi) is 5.10. The zero-order valence-corrected chi connectivity index (χ0v) is 23.5. The van der Waals surface area contributed by atoms with E-state index < -0.39 is 0 Å². The lowest BCUT2D eigenvalue weighted by atomic mass is 9.98. The number of para-hydroxylation sites is 2. The predicted molar refractivity (Wildman–Crippen MR) is 180 cm³/mol. The molecule has 42 heavy (non-hydrogen) atoms. The van der Waals surface area contributed by atoms with Gasteiger partial charge in [-0.15, -0.1) is 11.3 Å². The largest absolute Gasteiger partial charge is 0.309 e. The number of pyridine rings is 1. The lowest BCUT2D eigenvalue weighted by Crippen LogP contribution is -1.94. The van der Waals surface area contributed by atoms with Gasteiger partial charge in [-0.1, -0.05) is 91.0 Å². The highest BCUT2D eigenvalue weighted by atomic mass is 32.1. The molecular formula is C39H24N2S. The summed E-state index contributed by atoms with van der Waals surface area (Å²) in [5, 5.41) is 6.21. The molecule has 0 unspecified atom stereocenters. The minimum absolute atomic E-state index is 1.01. The molecule has 0 amide bonds. The highest BCUT2D eigenvalue weighted by Gasteiger charge is 2.16. The van der Waals surface area contributed by atoms with Gasteiger partial charge in [0.1, 0.15) is 0 Å². The Morgan fingerprint density at radius 2 is 1.07 bits per heavy atom. The number of fused-ring (bicyclic) bond motifs is 8. The number of rotatable bonds is 3. The summed E-state index contributed by atoms with van der Waals surface area (Å²) in [7, 11) is 0. The first-order valence-electron chi connectivity index (χ1n) is 14.2. The molecule has 0 fully saturated rings. The van der Waals surface area contributed by atoms with Crippen LogP contribution in [0.3, 0.4) is 0 Å². The lowest BCUT2D eigenvalue weighted by Gasteiger charge is -2.10. The van der Waals surface area contributed by atoms with Gasteiger partial charge in [0, 0.05) is 48.2 Å². The summed E-state index contributed by atoms with van der Waals surface area (Å²) in [6.45, 7) is 0. The van der Waals surface area contributed by atoms with Crippen molar-refractivity contribution in [3.8, 4) is 27.9 Å². The molecule has 196 valence electrons. The van der Waals surface area contributed by atoms with Crippen LogP contribution < -0.4 is 0 Å². The Labute approximate surface area is 246 Å². The van der Waals surface area contributed by atoms with E-state index in [4.69, 9.17) is 4.98 Å². The maximum atomic E-state index is 4.84. The minimum atomic E-state index is 1.01. The van der Waals surface area contributed by atoms with Crippen molar-refractivity contribution in [2.24, 2.45) is 0 Å². The zero-order valence-electron chi connectivity index (χ0n) is 22.7. The van der Waals surface area contributed by atoms with E-state index in [1.165, 1.54) is 64.2 Å². The second kappa shape index (κ2) is 9.13. The summed E-state index contributed by atoms with van der Waals surface area (Å²) in [6.07, 6.45) is 2.04. The molecule has 0 atom stereocenters. The standard InChI is InChI=1S/C39H24N2S/c1-2-8-29(9-3-1)41-36-20-18-27(22-32(36)34-24-40-35-12-6-4-11-31(35)39(34)41)25-14-16-26(17-15-25)28-19-21-38-33(23-28)30-10-5-7-13-37(30)42-38/h1-24H. The molecule has 2 nitrogen and oxygen atoms in total. The van der Waals surface area contributed by atoms with Crippen LogP contribution >= 0.6 is 11.3 Å². The summed E-state index contributed by atoms with van der Waals surface area (Å²) < 4.78 is 5.06. The average Bonchev–Trinajstić information content (AvgIpc) is 3.60. The third kappa shape index (κ3) is 3.54. The Hall–Kier alpha value is -5.25. The normalized spacial score (nSPS) is 11.8. The van der Waals surface area contributed by atoms with Crippen LogP contribution in [0.4, 0.5) is 0 Å². The Morgan fingerprint density at radius 3 is 1.88 bits per heavy atom. The number of benzene rings is 6. The van der Waals surface area contributed by atoms with Crippen LogP contribution in [0.1, 0.15) is 0 Å². The van der Waals surface area contributed by atoms with Crippen LogP contribution in [-0.2, 0) is 0 Å². The van der Waals surface area contributed by atoms with Gasteiger partial charge in [-0.2, -0.15) is 0 Å².